The SMILES string of the molecule is CC(=O)Cc1cccc(S(=O)(=O)N(C)C)c1.CC1=C(c2cccc(S(=O)(=O)N(C)C)c2)c2nc(C)ccc2C1.Cc1ccc(CNC(=O)OC(C)(C)C)cn1. The van der Waals surface area contributed by atoms with Gasteiger partial charge in [-0.3, -0.25) is 14.8 Å². The lowest BCUT2D eigenvalue weighted by Crippen LogP contribution is -2.32. The number of carbonyl (C=O) groups is 2. The topological polar surface area (TPSA) is 156 Å². The number of allylic oxidation sites excluding steroid dienone is 1. The van der Waals surface area contributed by atoms with Crippen LogP contribution in [-0.4, -0.2) is 81.1 Å². The highest BCUT2D eigenvalue weighted by molar-refractivity contribution is 7.89. The largest absolute Gasteiger partial charge is 0.444 e. The highest BCUT2D eigenvalue weighted by Crippen LogP contribution is 2.37. The van der Waals surface area contributed by atoms with Gasteiger partial charge in [0.1, 0.15) is 11.4 Å². The minimum Gasteiger partial charge on any atom is -0.444 e. The summed E-state index contributed by atoms with van der Waals surface area (Å²) in [5, 5.41) is 2.67. The van der Waals surface area contributed by atoms with E-state index in [1.54, 1.807) is 50.6 Å². The third-order valence-electron chi connectivity index (χ3n) is 8.08. The number of carbonyl (C=O) groups excluding carboxylic acids is 2. The highest BCUT2D eigenvalue weighted by atomic mass is 32.2. The van der Waals surface area contributed by atoms with Crippen LogP contribution < -0.4 is 5.32 Å². The van der Waals surface area contributed by atoms with Crippen LogP contribution in [-0.2, 0) is 49.0 Å². The fraction of sp³-hybridized carbons (Fsp3) is 0.366. The van der Waals surface area contributed by atoms with Gasteiger partial charge in [-0.25, -0.2) is 30.2 Å². The molecule has 296 valence electrons. The van der Waals surface area contributed by atoms with Gasteiger partial charge in [-0.15, -0.1) is 0 Å². The normalized spacial score (nSPS) is 12.7. The third kappa shape index (κ3) is 12.9. The van der Waals surface area contributed by atoms with Crippen molar-refractivity contribution in [1.29, 1.82) is 0 Å². The van der Waals surface area contributed by atoms with Crippen LogP contribution in [0.25, 0.3) is 5.57 Å². The van der Waals surface area contributed by atoms with Crippen LogP contribution in [0.1, 0.15) is 74.0 Å². The summed E-state index contributed by atoms with van der Waals surface area (Å²) in [6, 6.07) is 21.5. The highest BCUT2D eigenvalue weighted by Gasteiger charge is 2.24. The summed E-state index contributed by atoms with van der Waals surface area (Å²) in [5.41, 5.74) is 8.49. The first-order valence-electron chi connectivity index (χ1n) is 17.6. The number of ether oxygens (including phenoxy) is 1. The molecule has 1 N–H and O–H groups in total. The molecule has 2 heterocycles. The van der Waals surface area contributed by atoms with Crippen LogP contribution >= 0.6 is 0 Å². The fourth-order valence-corrected chi connectivity index (χ4v) is 7.25. The van der Waals surface area contributed by atoms with E-state index in [0.29, 0.717) is 11.4 Å². The van der Waals surface area contributed by atoms with Gasteiger partial charge in [-0.05, 0) is 114 Å². The number of fused-ring (bicyclic) bond motifs is 1. The first kappa shape index (κ1) is 44.6. The molecule has 0 unspecified atom stereocenters. The molecular formula is C41H53N5O7S2. The summed E-state index contributed by atoms with van der Waals surface area (Å²) >= 11 is 0. The summed E-state index contributed by atoms with van der Waals surface area (Å²) in [7, 11) is -0.809. The van der Waals surface area contributed by atoms with E-state index in [9.17, 15) is 26.4 Å². The first-order valence-corrected chi connectivity index (χ1v) is 20.5. The predicted octanol–water partition coefficient (Wildman–Crippen LogP) is 6.50. The second kappa shape index (κ2) is 18.7. The van der Waals surface area contributed by atoms with Crippen molar-refractivity contribution in [3.8, 4) is 0 Å². The summed E-state index contributed by atoms with van der Waals surface area (Å²) < 4.78 is 55.9. The monoisotopic (exact) mass is 791 g/mol. The van der Waals surface area contributed by atoms with Crippen molar-refractivity contribution in [1.82, 2.24) is 23.9 Å². The quantitative estimate of drug-likeness (QED) is 0.200. The van der Waals surface area contributed by atoms with E-state index in [2.05, 4.69) is 28.3 Å². The Morgan fingerprint density at radius 3 is 1.91 bits per heavy atom. The molecule has 0 aliphatic heterocycles. The smallest absolute Gasteiger partial charge is 0.407 e. The molecule has 55 heavy (non-hydrogen) atoms. The van der Waals surface area contributed by atoms with Crippen molar-refractivity contribution >= 4 is 37.5 Å². The molecule has 12 nitrogen and oxygen atoms in total. The Morgan fingerprint density at radius 1 is 0.782 bits per heavy atom. The number of amides is 1. The zero-order valence-corrected chi connectivity index (χ0v) is 35.2. The summed E-state index contributed by atoms with van der Waals surface area (Å²) in [4.78, 5) is 31.6. The Balaban J connectivity index is 0.000000228. The lowest BCUT2D eigenvalue weighted by Gasteiger charge is -2.19. The van der Waals surface area contributed by atoms with Gasteiger partial charge in [0.2, 0.25) is 20.0 Å². The molecular weight excluding hydrogens is 739 g/mol. The van der Waals surface area contributed by atoms with E-state index in [1.165, 1.54) is 48.6 Å². The molecule has 4 aromatic rings. The Morgan fingerprint density at radius 2 is 1.36 bits per heavy atom. The van der Waals surface area contributed by atoms with E-state index in [-0.39, 0.29) is 17.1 Å². The molecule has 2 aromatic carbocycles. The molecule has 5 rings (SSSR count). The molecule has 1 aliphatic rings. The average molecular weight is 792 g/mol. The summed E-state index contributed by atoms with van der Waals surface area (Å²) in [6.07, 6.45) is 2.46. The lowest BCUT2D eigenvalue weighted by atomic mass is 10.0. The van der Waals surface area contributed by atoms with E-state index in [4.69, 9.17) is 4.74 Å². The van der Waals surface area contributed by atoms with Crippen molar-refractivity contribution in [2.45, 2.75) is 83.2 Å². The van der Waals surface area contributed by atoms with Crippen LogP contribution in [0.4, 0.5) is 4.79 Å². The van der Waals surface area contributed by atoms with Gasteiger partial charge in [0, 0.05) is 64.3 Å². The maximum Gasteiger partial charge on any atom is 0.407 e. The van der Waals surface area contributed by atoms with Gasteiger partial charge in [-0.2, -0.15) is 0 Å². The van der Waals surface area contributed by atoms with Crippen molar-refractivity contribution in [2.24, 2.45) is 0 Å². The number of ketones is 1. The van der Waals surface area contributed by atoms with Gasteiger partial charge in [0.05, 0.1) is 15.5 Å². The molecule has 0 saturated carbocycles. The van der Waals surface area contributed by atoms with E-state index in [1.807, 2.05) is 58.9 Å². The summed E-state index contributed by atoms with van der Waals surface area (Å²) in [6.45, 7) is 13.4. The number of aryl methyl sites for hydroxylation is 2. The average Bonchev–Trinajstić information content (AvgIpc) is 3.42. The zero-order valence-electron chi connectivity index (χ0n) is 33.6. The molecule has 0 spiro atoms. The molecule has 0 bridgehead atoms. The van der Waals surface area contributed by atoms with E-state index in [0.717, 1.165) is 50.1 Å². The number of benzene rings is 2. The maximum atomic E-state index is 12.4. The van der Waals surface area contributed by atoms with Crippen LogP contribution in [0.2, 0.25) is 0 Å². The third-order valence-corrected chi connectivity index (χ3v) is 11.7. The molecule has 0 saturated heterocycles. The Hall–Kier alpha value is -4.76. The van der Waals surface area contributed by atoms with Gasteiger partial charge >= 0.3 is 6.09 Å². The van der Waals surface area contributed by atoms with Crippen LogP contribution in [0.3, 0.4) is 0 Å². The molecule has 14 heteroatoms. The maximum absolute atomic E-state index is 12.4. The lowest BCUT2D eigenvalue weighted by molar-refractivity contribution is -0.116. The summed E-state index contributed by atoms with van der Waals surface area (Å²) in [5.74, 6) is 0.0133. The fourth-order valence-electron chi connectivity index (χ4n) is 5.33. The number of Topliss-reactive ketones (excluding diaryl/α,β-unsaturated/α-hetero) is 1. The van der Waals surface area contributed by atoms with E-state index >= 15 is 0 Å². The van der Waals surface area contributed by atoms with Crippen molar-refractivity contribution < 1.29 is 31.2 Å². The van der Waals surface area contributed by atoms with Crippen molar-refractivity contribution in [3.63, 3.8) is 0 Å². The standard InChI is InChI=1S/C18H20N2O2S.C12H18N2O2.C11H15NO3S/c1-12-10-15-9-8-13(2)19-18(15)17(12)14-6-5-7-16(11-14)23(21,22)20(3)4;1-9-5-6-10(7-13-9)8-14-11(15)16-12(2,3)4;1-9(13)7-10-5-4-6-11(8-10)16(14,15)12(2)3/h5-9,11H,10H2,1-4H3;5-7H,8H2,1-4H3,(H,14,15);4-6,8H,7H2,1-3H3. The zero-order chi connectivity index (χ0) is 41.3. The first-order chi connectivity index (χ1) is 25.5. The minimum absolute atomic E-state index is 0.0133. The van der Waals surface area contributed by atoms with Crippen LogP contribution in [0.5, 0.6) is 0 Å². The van der Waals surface area contributed by atoms with Gasteiger partial charge in [0.15, 0.2) is 0 Å². The van der Waals surface area contributed by atoms with Crippen molar-refractivity contribution in [3.05, 3.63) is 124 Å². The number of pyridine rings is 2. The van der Waals surface area contributed by atoms with Crippen molar-refractivity contribution in [2.75, 3.05) is 28.2 Å². The number of aromatic nitrogens is 2. The number of hydrogen-bond acceptors (Lipinski definition) is 9. The Bertz CT molecular complexity index is 2240. The molecule has 1 aliphatic carbocycles. The number of hydrogen-bond donors (Lipinski definition) is 1. The Labute approximate surface area is 326 Å². The number of nitrogens with one attached hydrogen (secondary N) is 1. The minimum atomic E-state index is -3.44. The van der Waals surface area contributed by atoms with Gasteiger partial charge in [-0.1, -0.05) is 42.0 Å². The second-order valence-corrected chi connectivity index (χ2v) is 18.9. The van der Waals surface area contributed by atoms with E-state index < -0.39 is 31.7 Å². The van der Waals surface area contributed by atoms with Gasteiger partial charge in [0.25, 0.3) is 0 Å². The van der Waals surface area contributed by atoms with Crippen LogP contribution in [0, 0.1) is 13.8 Å². The molecule has 0 fully saturated rings. The van der Waals surface area contributed by atoms with Gasteiger partial charge < -0.3 is 10.1 Å². The second-order valence-electron chi connectivity index (χ2n) is 14.6. The molecule has 0 radical (unpaired) electrons. The number of sulfonamides is 2. The molecule has 0 atom stereocenters. The Kier molecular flexibility index (Phi) is 15.2. The molecule has 2 aromatic heterocycles. The number of rotatable bonds is 9. The predicted molar refractivity (Wildman–Crippen MR) is 215 cm³/mol. The number of alkyl carbamates (subject to hydrolysis) is 1. The van der Waals surface area contributed by atoms with Crippen LogP contribution in [0.15, 0.2) is 94.4 Å². The number of nitrogens with zero attached hydrogens (tertiary/aromatic N) is 4. The molecule has 1 amide bonds.